The highest BCUT2D eigenvalue weighted by molar-refractivity contribution is 6.04. The highest BCUT2D eigenvalue weighted by Crippen LogP contribution is 2.28. The number of ether oxygens (including phenoxy) is 2. The van der Waals surface area contributed by atoms with Crippen LogP contribution in [0.15, 0.2) is 12.4 Å². The Labute approximate surface area is 128 Å². The van der Waals surface area contributed by atoms with Gasteiger partial charge in [0.05, 0.1) is 23.9 Å². The van der Waals surface area contributed by atoms with Crippen LogP contribution in [0.25, 0.3) is 11.0 Å². The van der Waals surface area contributed by atoms with Crippen LogP contribution in [0.4, 0.5) is 5.69 Å². The summed E-state index contributed by atoms with van der Waals surface area (Å²) in [6.07, 6.45) is 5.11. The molecule has 0 aromatic carbocycles. The maximum atomic E-state index is 12.2. The molecule has 7 heteroatoms. The van der Waals surface area contributed by atoms with Crippen LogP contribution >= 0.6 is 0 Å². The highest BCUT2D eigenvalue weighted by Gasteiger charge is 2.22. The van der Waals surface area contributed by atoms with Gasteiger partial charge < -0.3 is 14.8 Å². The standard InChI is InChI=1S/C15H20N4O3/c1-3-22-15(20)12-8-16-14-11(9-17-19(14)2)13(12)18-10-4-6-21-7-5-10/h8-10H,3-7H2,1-2H3,(H,16,18). The van der Waals surface area contributed by atoms with Crippen molar-refractivity contribution in [3.63, 3.8) is 0 Å². The lowest BCUT2D eigenvalue weighted by atomic mass is 10.1. The number of aryl methyl sites for hydroxylation is 1. The third-order valence-electron chi connectivity index (χ3n) is 3.83. The van der Waals surface area contributed by atoms with E-state index < -0.39 is 0 Å². The van der Waals surface area contributed by atoms with Crippen molar-refractivity contribution in [3.8, 4) is 0 Å². The van der Waals surface area contributed by atoms with Gasteiger partial charge in [-0.1, -0.05) is 0 Å². The number of hydrogen-bond acceptors (Lipinski definition) is 6. The van der Waals surface area contributed by atoms with Crippen LogP contribution in [0.2, 0.25) is 0 Å². The van der Waals surface area contributed by atoms with E-state index in [1.54, 1.807) is 24.0 Å². The normalized spacial score (nSPS) is 15.9. The van der Waals surface area contributed by atoms with E-state index in [-0.39, 0.29) is 12.0 Å². The summed E-state index contributed by atoms with van der Waals surface area (Å²) in [5, 5.41) is 8.54. The van der Waals surface area contributed by atoms with Crippen molar-refractivity contribution < 1.29 is 14.3 Å². The molecule has 0 radical (unpaired) electrons. The maximum absolute atomic E-state index is 12.2. The van der Waals surface area contributed by atoms with Gasteiger partial charge in [-0.05, 0) is 19.8 Å². The number of anilines is 1. The summed E-state index contributed by atoms with van der Waals surface area (Å²) in [5.74, 6) is -0.365. The first-order valence-corrected chi connectivity index (χ1v) is 7.52. The molecule has 1 aliphatic rings. The third-order valence-corrected chi connectivity index (χ3v) is 3.83. The number of aromatic nitrogens is 3. The van der Waals surface area contributed by atoms with Crippen molar-refractivity contribution in [3.05, 3.63) is 18.0 Å². The lowest BCUT2D eigenvalue weighted by Gasteiger charge is -2.25. The zero-order chi connectivity index (χ0) is 15.5. The van der Waals surface area contributed by atoms with Crippen LogP contribution in [0, 0.1) is 0 Å². The monoisotopic (exact) mass is 304 g/mol. The molecule has 0 saturated carbocycles. The summed E-state index contributed by atoms with van der Waals surface area (Å²) in [4.78, 5) is 16.5. The van der Waals surface area contributed by atoms with E-state index in [2.05, 4.69) is 15.4 Å². The summed E-state index contributed by atoms with van der Waals surface area (Å²) in [6.45, 7) is 3.58. The average molecular weight is 304 g/mol. The number of nitrogens with zero attached hydrogens (tertiary/aromatic N) is 3. The fourth-order valence-electron chi connectivity index (χ4n) is 2.66. The lowest BCUT2D eigenvalue weighted by molar-refractivity contribution is 0.0527. The van der Waals surface area contributed by atoms with Crippen LogP contribution < -0.4 is 5.32 Å². The van der Waals surface area contributed by atoms with Gasteiger partial charge in [0.25, 0.3) is 0 Å². The minimum Gasteiger partial charge on any atom is -0.462 e. The van der Waals surface area contributed by atoms with Gasteiger partial charge in [0, 0.05) is 32.5 Å². The van der Waals surface area contributed by atoms with Gasteiger partial charge in [-0.2, -0.15) is 5.10 Å². The van der Waals surface area contributed by atoms with E-state index in [9.17, 15) is 4.79 Å². The molecule has 3 heterocycles. The SMILES string of the molecule is CCOC(=O)c1cnc2c(cnn2C)c1NC1CCOCC1. The van der Waals surface area contributed by atoms with E-state index in [0.29, 0.717) is 12.2 Å². The van der Waals surface area contributed by atoms with Gasteiger partial charge in [-0.25, -0.2) is 9.78 Å². The molecule has 1 aliphatic heterocycles. The second kappa shape index (κ2) is 6.31. The van der Waals surface area contributed by atoms with Crippen LogP contribution in [-0.2, 0) is 16.5 Å². The summed E-state index contributed by atoms with van der Waals surface area (Å²) >= 11 is 0. The predicted octanol–water partition coefficient (Wildman–Crippen LogP) is 1.74. The second-order valence-electron chi connectivity index (χ2n) is 5.30. The Morgan fingerprint density at radius 3 is 2.95 bits per heavy atom. The molecule has 118 valence electrons. The number of carbonyl (C=O) groups excluding carboxylic acids is 1. The minimum absolute atomic E-state index is 0.271. The first-order chi connectivity index (χ1) is 10.7. The first-order valence-electron chi connectivity index (χ1n) is 7.52. The Bertz CT molecular complexity index is 677. The Kier molecular flexibility index (Phi) is 4.24. The molecule has 1 fully saturated rings. The molecule has 2 aromatic rings. The molecule has 1 N–H and O–H groups in total. The molecule has 0 spiro atoms. The van der Waals surface area contributed by atoms with E-state index in [1.807, 2.05) is 7.05 Å². The number of pyridine rings is 1. The average Bonchev–Trinajstić information content (AvgIpc) is 2.91. The van der Waals surface area contributed by atoms with Crippen LogP contribution in [0.5, 0.6) is 0 Å². The molecular formula is C15H20N4O3. The largest absolute Gasteiger partial charge is 0.462 e. The number of carbonyl (C=O) groups is 1. The summed E-state index contributed by atoms with van der Waals surface area (Å²) in [7, 11) is 1.83. The van der Waals surface area contributed by atoms with Gasteiger partial charge >= 0.3 is 5.97 Å². The molecule has 0 amide bonds. The molecule has 0 aliphatic carbocycles. The third kappa shape index (κ3) is 2.76. The molecule has 0 atom stereocenters. The second-order valence-corrected chi connectivity index (χ2v) is 5.30. The molecule has 22 heavy (non-hydrogen) atoms. The van der Waals surface area contributed by atoms with Crippen LogP contribution in [-0.4, -0.2) is 46.6 Å². The molecule has 0 bridgehead atoms. The van der Waals surface area contributed by atoms with Crippen molar-refractivity contribution in [1.82, 2.24) is 14.8 Å². The van der Waals surface area contributed by atoms with E-state index in [4.69, 9.17) is 9.47 Å². The predicted molar refractivity (Wildman–Crippen MR) is 81.9 cm³/mol. The van der Waals surface area contributed by atoms with Crippen LogP contribution in [0.3, 0.4) is 0 Å². The molecule has 7 nitrogen and oxygen atoms in total. The van der Waals surface area contributed by atoms with Crippen LogP contribution in [0.1, 0.15) is 30.1 Å². The van der Waals surface area contributed by atoms with Gasteiger partial charge in [-0.15, -0.1) is 0 Å². The fourth-order valence-corrected chi connectivity index (χ4v) is 2.66. The van der Waals surface area contributed by atoms with Crippen molar-refractivity contribution in [2.45, 2.75) is 25.8 Å². The van der Waals surface area contributed by atoms with Gasteiger partial charge in [-0.3, -0.25) is 4.68 Å². The van der Waals surface area contributed by atoms with Gasteiger partial charge in [0.15, 0.2) is 5.65 Å². The molecule has 0 unspecified atom stereocenters. The number of rotatable bonds is 4. The van der Waals surface area contributed by atoms with Crippen molar-refractivity contribution in [2.75, 3.05) is 25.1 Å². The zero-order valence-electron chi connectivity index (χ0n) is 12.8. The Morgan fingerprint density at radius 2 is 2.23 bits per heavy atom. The zero-order valence-corrected chi connectivity index (χ0v) is 12.8. The van der Waals surface area contributed by atoms with E-state index in [0.717, 1.165) is 42.8 Å². The topological polar surface area (TPSA) is 78.3 Å². The highest BCUT2D eigenvalue weighted by atomic mass is 16.5. The minimum atomic E-state index is -0.365. The molecule has 3 rings (SSSR count). The summed E-state index contributed by atoms with van der Waals surface area (Å²) in [5.41, 5.74) is 1.94. The summed E-state index contributed by atoms with van der Waals surface area (Å²) < 4.78 is 12.2. The fraction of sp³-hybridized carbons (Fsp3) is 0.533. The van der Waals surface area contributed by atoms with Crippen molar-refractivity contribution in [2.24, 2.45) is 7.05 Å². The lowest BCUT2D eigenvalue weighted by Crippen LogP contribution is -2.29. The number of fused-ring (bicyclic) bond motifs is 1. The quantitative estimate of drug-likeness (QED) is 0.867. The molecular weight excluding hydrogens is 284 g/mol. The number of hydrogen-bond donors (Lipinski definition) is 1. The van der Waals surface area contributed by atoms with Gasteiger partial charge in [0.2, 0.25) is 0 Å². The Balaban J connectivity index is 2.01. The molecule has 1 saturated heterocycles. The van der Waals surface area contributed by atoms with E-state index in [1.165, 1.54) is 0 Å². The van der Waals surface area contributed by atoms with Gasteiger partial charge in [0.1, 0.15) is 5.56 Å². The first kappa shape index (κ1) is 14.8. The number of nitrogens with one attached hydrogen (secondary N) is 1. The van der Waals surface area contributed by atoms with E-state index >= 15 is 0 Å². The smallest absolute Gasteiger partial charge is 0.341 e. The van der Waals surface area contributed by atoms with Crippen molar-refractivity contribution in [1.29, 1.82) is 0 Å². The molecule has 2 aromatic heterocycles. The maximum Gasteiger partial charge on any atom is 0.341 e. The Morgan fingerprint density at radius 1 is 1.45 bits per heavy atom. The summed E-state index contributed by atoms with van der Waals surface area (Å²) in [6, 6.07) is 0.271. The number of esters is 1. The Hall–Kier alpha value is -2.15. The van der Waals surface area contributed by atoms with Crippen molar-refractivity contribution >= 4 is 22.7 Å².